The first kappa shape index (κ1) is 13.2. The fraction of sp³-hybridized carbons (Fsp3) is 0.188. The second kappa shape index (κ2) is 5.67. The molecule has 3 rings (SSSR count). The zero-order chi connectivity index (χ0) is 13.9. The van der Waals surface area contributed by atoms with Crippen molar-refractivity contribution >= 4 is 32.4 Å². The first-order chi connectivity index (χ1) is 9.72. The van der Waals surface area contributed by atoms with Crippen molar-refractivity contribution in [2.75, 3.05) is 11.9 Å². The third kappa shape index (κ3) is 2.85. The van der Waals surface area contributed by atoms with Crippen LogP contribution in [0.4, 0.5) is 5.69 Å². The van der Waals surface area contributed by atoms with Crippen LogP contribution >= 0.6 is 15.9 Å². The van der Waals surface area contributed by atoms with Crippen molar-refractivity contribution < 1.29 is 0 Å². The van der Waals surface area contributed by atoms with Crippen molar-refractivity contribution in [3.8, 4) is 0 Å². The Kier molecular flexibility index (Phi) is 3.74. The fourth-order valence-corrected chi connectivity index (χ4v) is 2.67. The summed E-state index contributed by atoms with van der Waals surface area (Å²) in [7, 11) is 0. The predicted molar refractivity (Wildman–Crippen MR) is 87.1 cm³/mol. The van der Waals surface area contributed by atoms with Crippen LogP contribution in [0.2, 0.25) is 0 Å². The SMILES string of the molecule is Cc1nccn1CCNc1ccc2cc(Br)ccc2c1. The molecule has 102 valence electrons. The molecule has 1 N–H and O–H groups in total. The number of aromatic nitrogens is 2. The summed E-state index contributed by atoms with van der Waals surface area (Å²) in [5.41, 5.74) is 1.15. The van der Waals surface area contributed by atoms with E-state index in [9.17, 15) is 0 Å². The Labute approximate surface area is 126 Å². The smallest absolute Gasteiger partial charge is 0.105 e. The lowest BCUT2D eigenvalue weighted by molar-refractivity contribution is 0.701. The van der Waals surface area contributed by atoms with E-state index < -0.39 is 0 Å². The first-order valence-electron chi connectivity index (χ1n) is 6.63. The van der Waals surface area contributed by atoms with Gasteiger partial charge in [-0.15, -0.1) is 0 Å². The molecule has 2 aromatic carbocycles. The summed E-state index contributed by atoms with van der Waals surface area (Å²) in [5, 5.41) is 5.95. The lowest BCUT2D eigenvalue weighted by Crippen LogP contribution is -2.10. The van der Waals surface area contributed by atoms with Crippen LogP contribution < -0.4 is 5.32 Å². The maximum Gasteiger partial charge on any atom is 0.105 e. The highest BCUT2D eigenvalue weighted by Gasteiger charge is 1.99. The Bertz CT molecular complexity index is 733. The molecule has 0 fully saturated rings. The molecule has 0 saturated heterocycles. The summed E-state index contributed by atoms with van der Waals surface area (Å²) in [6.07, 6.45) is 3.85. The van der Waals surface area contributed by atoms with Crippen molar-refractivity contribution in [3.05, 3.63) is 59.1 Å². The van der Waals surface area contributed by atoms with Crippen LogP contribution in [-0.4, -0.2) is 16.1 Å². The molecule has 3 nitrogen and oxygen atoms in total. The molecule has 0 saturated carbocycles. The monoisotopic (exact) mass is 329 g/mol. The molecule has 0 spiro atoms. The van der Waals surface area contributed by atoms with Gasteiger partial charge in [0.2, 0.25) is 0 Å². The molecule has 4 heteroatoms. The summed E-state index contributed by atoms with van der Waals surface area (Å²) in [6, 6.07) is 12.8. The van der Waals surface area contributed by atoms with Gasteiger partial charge in [0.1, 0.15) is 5.82 Å². The number of nitrogens with one attached hydrogen (secondary N) is 1. The van der Waals surface area contributed by atoms with Gasteiger partial charge in [0.25, 0.3) is 0 Å². The van der Waals surface area contributed by atoms with Gasteiger partial charge in [-0.1, -0.05) is 28.1 Å². The first-order valence-corrected chi connectivity index (χ1v) is 7.42. The second-order valence-corrected chi connectivity index (χ2v) is 5.72. The molecule has 0 aliphatic heterocycles. The van der Waals surface area contributed by atoms with Gasteiger partial charge in [0.15, 0.2) is 0 Å². The summed E-state index contributed by atoms with van der Waals surface area (Å²) in [5.74, 6) is 1.05. The molecule has 0 radical (unpaired) electrons. The number of halogens is 1. The van der Waals surface area contributed by atoms with Gasteiger partial charge in [-0.2, -0.15) is 0 Å². The number of imidazole rings is 1. The maximum atomic E-state index is 4.22. The lowest BCUT2D eigenvalue weighted by Gasteiger charge is -2.09. The standard InChI is InChI=1S/C16H16BrN3/c1-12-18-6-8-20(12)9-7-19-16-5-3-13-10-15(17)4-2-14(13)11-16/h2-6,8,10-11,19H,7,9H2,1H3. The van der Waals surface area contributed by atoms with Gasteiger partial charge in [0.05, 0.1) is 0 Å². The second-order valence-electron chi connectivity index (χ2n) is 4.80. The average Bonchev–Trinajstić information content (AvgIpc) is 2.85. The molecular formula is C16H16BrN3. The zero-order valence-corrected chi connectivity index (χ0v) is 12.9. The Balaban J connectivity index is 1.68. The number of hydrogen-bond acceptors (Lipinski definition) is 2. The highest BCUT2D eigenvalue weighted by atomic mass is 79.9. The van der Waals surface area contributed by atoms with Gasteiger partial charge < -0.3 is 9.88 Å². The summed E-state index contributed by atoms with van der Waals surface area (Å²) >= 11 is 3.50. The van der Waals surface area contributed by atoms with Crippen LogP contribution in [0.1, 0.15) is 5.82 Å². The van der Waals surface area contributed by atoms with E-state index in [-0.39, 0.29) is 0 Å². The van der Waals surface area contributed by atoms with E-state index in [1.54, 1.807) is 0 Å². The number of aryl methyl sites for hydroxylation is 1. The molecule has 1 aromatic heterocycles. The number of rotatable bonds is 4. The minimum Gasteiger partial charge on any atom is -0.383 e. The van der Waals surface area contributed by atoms with Crippen LogP contribution in [-0.2, 0) is 6.54 Å². The van der Waals surface area contributed by atoms with Crippen LogP contribution in [0.3, 0.4) is 0 Å². The molecule has 0 amide bonds. The van der Waals surface area contributed by atoms with E-state index >= 15 is 0 Å². The van der Waals surface area contributed by atoms with E-state index in [0.29, 0.717) is 0 Å². The maximum absolute atomic E-state index is 4.22. The number of anilines is 1. The zero-order valence-electron chi connectivity index (χ0n) is 11.3. The summed E-state index contributed by atoms with van der Waals surface area (Å²) < 4.78 is 3.26. The quantitative estimate of drug-likeness (QED) is 0.776. The molecule has 0 aliphatic rings. The van der Waals surface area contributed by atoms with E-state index in [1.165, 1.54) is 10.8 Å². The van der Waals surface area contributed by atoms with E-state index in [2.05, 4.69) is 67.2 Å². The van der Waals surface area contributed by atoms with Crippen LogP contribution in [0.15, 0.2) is 53.3 Å². The largest absolute Gasteiger partial charge is 0.383 e. The molecule has 0 aliphatic carbocycles. The molecule has 1 heterocycles. The number of fused-ring (bicyclic) bond motifs is 1. The van der Waals surface area contributed by atoms with Crippen molar-refractivity contribution in [3.63, 3.8) is 0 Å². The van der Waals surface area contributed by atoms with Crippen molar-refractivity contribution in [2.24, 2.45) is 0 Å². The van der Waals surface area contributed by atoms with Crippen molar-refractivity contribution in [2.45, 2.75) is 13.5 Å². The Morgan fingerprint density at radius 3 is 2.75 bits per heavy atom. The van der Waals surface area contributed by atoms with Gasteiger partial charge in [-0.25, -0.2) is 4.98 Å². The van der Waals surface area contributed by atoms with Gasteiger partial charge in [-0.05, 0) is 42.0 Å². The predicted octanol–water partition coefficient (Wildman–Crippen LogP) is 4.22. The average molecular weight is 330 g/mol. The third-order valence-corrected chi connectivity index (χ3v) is 3.90. The highest BCUT2D eigenvalue weighted by molar-refractivity contribution is 9.10. The minimum absolute atomic E-state index is 0.888. The molecule has 3 aromatic rings. The number of nitrogens with zero attached hydrogens (tertiary/aromatic N) is 2. The fourth-order valence-electron chi connectivity index (χ4n) is 2.29. The normalized spacial score (nSPS) is 10.9. The van der Waals surface area contributed by atoms with Crippen LogP contribution in [0.25, 0.3) is 10.8 Å². The van der Waals surface area contributed by atoms with Crippen molar-refractivity contribution in [1.82, 2.24) is 9.55 Å². The van der Waals surface area contributed by atoms with E-state index in [4.69, 9.17) is 0 Å². The minimum atomic E-state index is 0.888. The third-order valence-electron chi connectivity index (χ3n) is 3.41. The van der Waals surface area contributed by atoms with Crippen LogP contribution in [0.5, 0.6) is 0 Å². The molecule has 20 heavy (non-hydrogen) atoms. The lowest BCUT2D eigenvalue weighted by atomic mass is 10.1. The van der Waals surface area contributed by atoms with Gasteiger partial charge >= 0.3 is 0 Å². The van der Waals surface area contributed by atoms with Crippen molar-refractivity contribution in [1.29, 1.82) is 0 Å². The van der Waals surface area contributed by atoms with Crippen LogP contribution in [0, 0.1) is 6.92 Å². The van der Waals surface area contributed by atoms with Gasteiger partial charge in [-0.3, -0.25) is 0 Å². The molecule has 0 atom stereocenters. The summed E-state index contributed by atoms with van der Waals surface area (Å²) in [4.78, 5) is 4.22. The molecule has 0 unspecified atom stereocenters. The molecular weight excluding hydrogens is 314 g/mol. The molecule has 0 bridgehead atoms. The Morgan fingerprint density at radius 2 is 1.95 bits per heavy atom. The van der Waals surface area contributed by atoms with Gasteiger partial charge in [0, 0.05) is 35.6 Å². The topological polar surface area (TPSA) is 29.9 Å². The van der Waals surface area contributed by atoms with E-state index in [1.807, 2.05) is 19.3 Å². The number of benzene rings is 2. The number of hydrogen-bond donors (Lipinski definition) is 1. The Morgan fingerprint density at radius 1 is 1.15 bits per heavy atom. The summed E-state index contributed by atoms with van der Waals surface area (Å²) in [6.45, 7) is 3.83. The highest BCUT2D eigenvalue weighted by Crippen LogP contribution is 2.22. The van der Waals surface area contributed by atoms with E-state index in [0.717, 1.165) is 29.1 Å². The Hall–Kier alpha value is -1.81.